The second-order valence-corrected chi connectivity index (χ2v) is 9.87. The molecule has 4 fully saturated rings. The van der Waals surface area contributed by atoms with Crippen LogP contribution in [0.1, 0.15) is 19.8 Å². The number of benzene rings is 1. The maximum atomic E-state index is 12.7. The summed E-state index contributed by atoms with van der Waals surface area (Å²) in [5, 5.41) is 0. The second-order valence-electron chi connectivity index (χ2n) is 7.95. The average molecular weight is 438 g/mol. The lowest BCUT2D eigenvalue weighted by molar-refractivity contribution is -0.130. The van der Waals surface area contributed by atoms with E-state index >= 15 is 0 Å². The summed E-state index contributed by atoms with van der Waals surface area (Å²) in [5.41, 5.74) is 2.48. The van der Waals surface area contributed by atoms with E-state index in [1.165, 1.54) is 11.4 Å². The first-order valence-corrected chi connectivity index (χ1v) is 10.0. The largest absolute Gasteiger partial charge is 0.378 e. The number of anilines is 2. The van der Waals surface area contributed by atoms with Gasteiger partial charge < -0.3 is 14.5 Å². The summed E-state index contributed by atoms with van der Waals surface area (Å²) >= 11 is 2.60. The molecule has 0 spiro atoms. The lowest BCUT2D eigenvalue weighted by Crippen LogP contribution is -2.67. The lowest BCUT2D eigenvalue weighted by Gasteiger charge is -2.60. The van der Waals surface area contributed by atoms with E-state index in [-0.39, 0.29) is 14.8 Å². The number of hydrogen-bond donors (Lipinski definition) is 0. The third kappa shape index (κ3) is 1.86. The van der Waals surface area contributed by atoms with E-state index in [1.807, 2.05) is 0 Å². The van der Waals surface area contributed by atoms with Crippen LogP contribution in [0.15, 0.2) is 24.3 Å². The summed E-state index contributed by atoms with van der Waals surface area (Å²) in [7, 11) is 0. The molecular formula is C19H23IN2O2. The van der Waals surface area contributed by atoms with Crippen molar-refractivity contribution < 1.29 is 9.53 Å². The molecule has 128 valence electrons. The Morgan fingerprint density at radius 2 is 1.79 bits per heavy atom. The van der Waals surface area contributed by atoms with Gasteiger partial charge in [-0.1, -0.05) is 29.5 Å². The molecule has 5 rings (SSSR count). The number of Topliss-reactive ketones (excluding diaryl/α,β-unsaturated/α-hetero) is 1. The van der Waals surface area contributed by atoms with Gasteiger partial charge in [0.2, 0.25) is 0 Å². The molecule has 4 nitrogen and oxygen atoms in total. The molecule has 2 bridgehead atoms. The van der Waals surface area contributed by atoms with Gasteiger partial charge in [0, 0.05) is 48.4 Å². The fraction of sp³-hybridized carbons (Fsp3) is 0.632. The number of ketones is 1. The molecule has 0 radical (unpaired) electrons. The number of morpholine rings is 1. The summed E-state index contributed by atoms with van der Waals surface area (Å²) in [4.78, 5) is 17.6. The Morgan fingerprint density at radius 3 is 2.50 bits per heavy atom. The zero-order valence-electron chi connectivity index (χ0n) is 14.0. The molecule has 1 aromatic rings. The van der Waals surface area contributed by atoms with Crippen molar-refractivity contribution in [3.63, 3.8) is 0 Å². The fourth-order valence-electron chi connectivity index (χ4n) is 5.35. The van der Waals surface area contributed by atoms with Gasteiger partial charge in [-0.2, -0.15) is 0 Å². The second kappa shape index (κ2) is 5.10. The fourth-order valence-corrected chi connectivity index (χ4v) is 6.93. The molecule has 2 heterocycles. The minimum atomic E-state index is -0.0780. The van der Waals surface area contributed by atoms with E-state index < -0.39 is 0 Å². The zero-order valence-corrected chi connectivity index (χ0v) is 16.2. The van der Waals surface area contributed by atoms with E-state index in [2.05, 4.69) is 63.6 Å². The van der Waals surface area contributed by atoms with Crippen molar-refractivity contribution in [2.24, 2.45) is 11.3 Å². The van der Waals surface area contributed by atoms with E-state index in [1.54, 1.807) is 0 Å². The maximum absolute atomic E-state index is 12.7. The summed E-state index contributed by atoms with van der Waals surface area (Å²) in [5.74, 6) is 0.741. The Kier molecular flexibility index (Phi) is 3.28. The minimum absolute atomic E-state index is 0.0780. The zero-order chi connectivity index (χ0) is 16.5. The lowest BCUT2D eigenvalue weighted by atomic mass is 9.59. The third-order valence-electron chi connectivity index (χ3n) is 6.86. The van der Waals surface area contributed by atoms with Crippen LogP contribution in [0.2, 0.25) is 0 Å². The summed E-state index contributed by atoms with van der Waals surface area (Å²) in [6.07, 6.45) is 2.10. The number of rotatable bonds is 2. The van der Waals surface area contributed by atoms with E-state index in [4.69, 9.17) is 4.74 Å². The van der Waals surface area contributed by atoms with Gasteiger partial charge in [-0.05, 0) is 37.1 Å². The number of ether oxygens (including phenoxy) is 1. The van der Waals surface area contributed by atoms with Crippen LogP contribution in [0, 0.1) is 11.3 Å². The van der Waals surface area contributed by atoms with Gasteiger partial charge in [0.25, 0.3) is 0 Å². The van der Waals surface area contributed by atoms with Gasteiger partial charge in [0.15, 0.2) is 0 Å². The summed E-state index contributed by atoms with van der Waals surface area (Å²) < 4.78 is 5.58. The van der Waals surface area contributed by atoms with Gasteiger partial charge in [0.05, 0.1) is 16.6 Å². The van der Waals surface area contributed by atoms with Crippen LogP contribution in [0.3, 0.4) is 0 Å². The van der Waals surface area contributed by atoms with Crippen LogP contribution in [0.4, 0.5) is 11.4 Å². The monoisotopic (exact) mass is 438 g/mol. The highest BCUT2D eigenvalue weighted by Gasteiger charge is 2.74. The van der Waals surface area contributed by atoms with Crippen molar-refractivity contribution in [1.29, 1.82) is 0 Å². The Bertz CT molecular complexity index is 687. The molecular weight excluding hydrogens is 415 g/mol. The Labute approximate surface area is 156 Å². The number of fused-ring (bicyclic) bond motifs is 1. The summed E-state index contributed by atoms with van der Waals surface area (Å²) in [6, 6.07) is 9.47. The van der Waals surface area contributed by atoms with E-state index in [9.17, 15) is 4.79 Å². The minimum Gasteiger partial charge on any atom is -0.378 e. The molecule has 5 heteroatoms. The van der Waals surface area contributed by atoms with Crippen molar-refractivity contribution in [3.05, 3.63) is 24.3 Å². The first kappa shape index (κ1) is 15.4. The van der Waals surface area contributed by atoms with Crippen LogP contribution in [0.25, 0.3) is 0 Å². The van der Waals surface area contributed by atoms with Crippen molar-refractivity contribution in [3.8, 4) is 0 Å². The maximum Gasteiger partial charge on any atom is 0.145 e. The molecule has 0 aromatic heterocycles. The molecule has 2 aliphatic carbocycles. The number of alkyl halides is 1. The van der Waals surface area contributed by atoms with Gasteiger partial charge in [0.1, 0.15) is 5.78 Å². The average Bonchev–Trinajstić information content (AvgIpc) is 2.71. The standard InChI is InChI=1S/C19H23IN2O2/c1-18-11-16-19(18,20)10-13(17(18)23)12-22(16)15-4-2-14(3-5-15)21-6-8-24-9-7-21/h2-5,13,16H,6-12H2,1H3/t13-,16?,18?,19+/m0/s1. The molecule has 4 atom stereocenters. The molecule has 2 saturated carbocycles. The van der Waals surface area contributed by atoms with Crippen molar-refractivity contribution in [1.82, 2.24) is 0 Å². The molecule has 1 aromatic carbocycles. The topological polar surface area (TPSA) is 32.8 Å². The molecule has 0 amide bonds. The first-order chi connectivity index (χ1) is 11.5. The normalized spacial score (nSPS) is 40.7. The SMILES string of the molecule is CC12CC3N(c4ccc(N5CCOCC5)cc4)C[C@H](C[C@@]31I)C2=O. The van der Waals surface area contributed by atoms with Gasteiger partial charge in [-0.25, -0.2) is 0 Å². The number of halogens is 1. The quantitative estimate of drug-likeness (QED) is 0.526. The highest BCUT2D eigenvalue weighted by Crippen LogP contribution is 2.69. The van der Waals surface area contributed by atoms with Gasteiger partial charge in [-0.3, -0.25) is 4.79 Å². The van der Waals surface area contributed by atoms with Crippen molar-refractivity contribution in [2.45, 2.75) is 29.2 Å². The van der Waals surface area contributed by atoms with Crippen LogP contribution in [-0.2, 0) is 9.53 Å². The van der Waals surface area contributed by atoms with Gasteiger partial charge in [-0.15, -0.1) is 0 Å². The Hall–Kier alpha value is -0.820. The van der Waals surface area contributed by atoms with Crippen molar-refractivity contribution in [2.75, 3.05) is 42.6 Å². The number of carbonyl (C=O) groups is 1. The number of hydrogen-bond acceptors (Lipinski definition) is 4. The van der Waals surface area contributed by atoms with Crippen LogP contribution < -0.4 is 9.80 Å². The predicted molar refractivity (Wildman–Crippen MR) is 103 cm³/mol. The number of nitrogens with zero attached hydrogens (tertiary/aromatic N) is 2. The van der Waals surface area contributed by atoms with Crippen LogP contribution in [0.5, 0.6) is 0 Å². The van der Waals surface area contributed by atoms with Crippen LogP contribution >= 0.6 is 22.6 Å². The van der Waals surface area contributed by atoms with Crippen molar-refractivity contribution >= 4 is 39.7 Å². The molecule has 2 saturated heterocycles. The molecule has 0 N–H and O–H groups in total. The van der Waals surface area contributed by atoms with E-state index in [0.717, 1.165) is 45.7 Å². The number of carbonyl (C=O) groups excluding carboxylic acids is 1. The first-order valence-electron chi connectivity index (χ1n) is 8.96. The highest BCUT2D eigenvalue weighted by atomic mass is 127. The highest BCUT2D eigenvalue weighted by molar-refractivity contribution is 14.1. The molecule has 24 heavy (non-hydrogen) atoms. The molecule has 2 aliphatic heterocycles. The Balaban J connectivity index is 1.41. The van der Waals surface area contributed by atoms with E-state index in [0.29, 0.717) is 11.8 Å². The third-order valence-corrected chi connectivity index (χ3v) is 9.21. The summed E-state index contributed by atoms with van der Waals surface area (Å²) in [6.45, 7) is 6.67. The Morgan fingerprint density at radius 1 is 1.12 bits per heavy atom. The molecule has 2 unspecified atom stereocenters. The van der Waals surface area contributed by atoms with Gasteiger partial charge >= 0.3 is 0 Å². The number of piperidine rings is 1. The van der Waals surface area contributed by atoms with Crippen LogP contribution in [-0.4, -0.2) is 48.1 Å². The molecule has 4 aliphatic rings. The predicted octanol–water partition coefficient (Wildman–Crippen LogP) is 2.88. The smallest absolute Gasteiger partial charge is 0.145 e.